The number of hydrogen-bond donors (Lipinski definition) is 2. The number of rotatable bonds is 7. The first-order valence-corrected chi connectivity index (χ1v) is 8.03. The normalized spacial score (nSPS) is 21.2. The van der Waals surface area contributed by atoms with Crippen LogP contribution in [0.15, 0.2) is 24.3 Å². The molecule has 1 fully saturated rings. The topological polar surface area (TPSA) is 58.7 Å². The van der Waals surface area contributed by atoms with E-state index >= 15 is 0 Å². The molecule has 1 heterocycles. The third kappa shape index (κ3) is 5.30. The van der Waals surface area contributed by atoms with Gasteiger partial charge in [-0.15, -0.1) is 0 Å². The average Bonchev–Trinajstić information content (AvgIpc) is 2.53. The molecule has 2 atom stereocenters. The maximum atomic E-state index is 10.2. The Balaban J connectivity index is 1.75. The van der Waals surface area contributed by atoms with Gasteiger partial charge in [-0.05, 0) is 43.0 Å². The minimum Gasteiger partial charge on any atom is -0.491 e. The van der Waals surface area contributed by atoms with Crippen LogP contribution in [0.2, 0.25) is 0 Å². The van der Waals surface area contributed by atoms with E-state index in [1.54, 1.807) is 0 Å². The third-order valence-electron chi connectivity index (χ3n) is 4.23. The van der Waals surface area contributed by atoms with Gasteiger partial charge in [-0.25, -0.2) is 0 Å². The molecule has 0 spiro atoms. The van der Waals surface area contributed by atoms with Crippen molar-refractivity contribution < 1.29 is 9.84 Å². The Hall–Kier alpha value is -1.10. The Labute approximate surface area is 127 Å². The van der Waals surface area contributed by atoms with E-state index in [0.717, 1.165) is 30.3 Å². The van der Waals surface area contributed by atoms with Crippen molar-refractivity contribution in [2.24, 2.45) is 11.7 Å². The molecule has 0 saturated carbocycles. The van der Waals surface area contributed by atoms with Crippen LogP contribution in [0.25, 0.3) is 0 Å². The highest BCUT2D eigenvalue weighted by Gasteiger charge is 2.20. The monoisotopic (exact) mass is 292 g/mol. The molecule has 0 aliphatic carbocycles. The van der Waals surface area contributed by atoms with Gasteiger partial charge in [0.2, 0.25) is 0 Å². The standard InChI is InChI=1S/C17H28N2O2/c1-2-14-6-4-8-19(11-14)12-16(20)13-21-17-7-3-5-15(9-17)10-18/h3,5,7,9,14,16,20H,2,4,6,8,10-13,18H2,1H3. The van der Waals surface area contributed by atoms with E-state index in [9.17, 15) is 5.11 Å². The molecule has 21 heavy (non-hydrogen) atoms. The van der Waals surface area contributed by atoms with Crippen molar-refractivity contribution in [1.29, 1.82) is 0 Å². The van der Waals surface area contributed by atoms with Crippen LogP contribution in [0.1, 0.15) is 31.7 Å². The van der Waals surface area contributed by atoms with Crippen molar-refractivity contribution in [2.45, 2.75) is 38.8 Å². The van der Waals surface area contributed by atoms with E-state index in [1.807, 2.05) is 24.3 Å². The van der Waals surface area contributed by atoms with Crippen LogP contribution in [-0.4, -0.2) is 42.4 Å². The number of likely N-dealkylation sites (tertiary alicyclic amines) is 1. The van der Waals surface area contributed by atoms with Gasteiger partial charge >= 0.3 is 0 Å². The van der Waals surface area contributed by atoms with Crippen LogP contribution in [0.5, 0.6) is 5.75 Å². The molecule has 1 saturated heterocycles. The summed E-state index contributed by atoms with van der Waals surface area (Å²) in [4.78, 5) is 2.36. The Bertz CT molecular complexity index is 425. The molecular weight excluding hydrogens is 264 g/mol. The van der Waals surface area contributed by atoms with Crippen LogP contribution in [-0.2, 0) is 6.54 Å². The zero-order chi connectivity index (χ0) is 15.1. The molecule has 1 aromatic rings. The molecule has 3 N–H and O–H groups in total. The highest BCUT2D eigenvalue weighted by atomic mass is 16.5. The summed E-state index contributed by atoms with van der Waals surface area (Å²) in [6.07, 6.45) is 3.35. The number of nitrogens with zero attached hydrogens (tertiary/aromatic N) is 1. The second-order valence-electron chi connectivity index (χ2n) is 5.99. The number of β-amino-alcohol motifs (C(OH)–C–C–N with tert-alkyl or cyclic N) is 1. The maximum absolute atomic E-state index is 10.2. The van der Waals surface area contributed by atoms with Crippen molar-refractivity contribution in [2.75, 3.05) is 26.2 Å². The number of piperidine rings is 1. The summed E-state index contributed by atoms with van der Waals surface area (Å²) in [6.45, 7) is 5.99. The Morgan fingerprint density at radius 2 is 2.33 bits per heavy atom. The zero-order valence-electron chi connectivity index (χ0n) is 13.0. The molecule has 2 unspecified atom stereocenters. The zero-order valence-corrected chi connectivity index (χ0v) is 13.0. The molecule has 0 bridgehead atoms. The van der Waals surface area contributed by atoms with Gasteiger partial charge < -0.3 is 20.5 Å². The van der Waals surface area contributed by atoms with Crippen molar-refractivity contribution in [1.82, 2.24) is 4.90 Å². The van der Waals surface area contributed by atoms with Crippen LogP contribution < -0.4 is 10.5 Å². The van der Waals surface area contributed by atoms with E-state index < -0.39 is 6.10 Å². The molecule has 4 heteroatoms. The van der Waals surface area contributed by atoms with E-state index in [-0.39, 0.29) is 0 Å². The van der Waals surface area contributed by atoms with Crippen molar-refractivity contribution in [3.8, 4) is 5.75 Å². The summed E-state index contributed by atoms with van der Waals surface area (Å²) in [5.41, 5.74) is 6.66. The minimum absolute atomic E-state index is 0.335. The third-order valence-corrected chi connectivity index (χ3v) is 4.23. The molecule has 0 aromatic heterocycles. The van der Waals surface area contributed by atoms with E-state index in [4.69, 9.17) is 10.5 Å². The number of ether oxygens (including phenoxy) is 1. The molecule has 1 aliphatic heterocycles. The van der Waals surface area contributed by atoms with E-state index in [2.05, 4.69) is 11.8 Å². The molecule has 4 nitrogen and oxygen atoms in total. The number of aliphatic hydroxyl groups is 1. The van der Waals surface area contributed by atoms with Crippen molar-refractivity contribution >= 4 is 0 Å². The SMILES string of the molecule is CCC1CCCN(CC(O)COc2cccc(CN)c2)C1. The van der Waals surface area contributed by atoms with Crippen LogP contribution in [0, 0.1) is 5.92 Å². The molecule has 0 amide bonds. The summed E-state index contributed by atoms with van der Waals surface area (Å²) in [7, 11) is 0. The van der Waals surface area contributed by atoms with Crippen LogP contribution in [0.3, 0.4) is 0 Å². The van der Waals surface area contributed by atoms with Gasteiger partial charge in [0.1, 0.15) is 18.5 Å². The lowest BCUT2D eigenvalue weighted by Crippen LogP contribution is -2.41. The van der Waals surface area contributed by atoms with Gasteiger partial charge in [0.25, 0.3) is 0 Å². The molecule has 118 valence electrons. The van der Waals surface area contributed by atoms with Crippen LogP contribution in [0.4, 0.5) is 0 Å². The summed E-state index contributed by atoms with van der Waals surface area (Å²) < 4.78 is 5.67. The smallest absolute Gasteiger partial charge is 0.119 e. The van der Waals surface area contributed by atoms with Gasteiger partial charge in [-0.1, -0.05) is 25.5 Å². The van der Waals surface area contributed by atoms with Gasteiger partial charge in [0.15, 0.2) is 0 Å². The number of aliphatic hydroxyl groups excluding tert-OH is 1. The van der Waals surface area contributed by atoms with Crippen molar-refractivity contribution in [3.63, 3.8) is 0 Å². The maximum Gasteiger partial charge on any atom is 0.119 e. The highest BCUT2D eigenvalue weighted by molar-refractivity contribution is 5.28. The lowest BCUT2D eigenvalue weighted by Gasteiger charge is -2.33. The fourth-order valence-electron chi connectivity index (χ4n) is 2.96. The Morgan fingerprint density at radius 3 is 3.10 bits per heavy atom. The quantitative estimate of drug-likeness (QED) is 0.807. The summed E-state index contributed by atoms with van der Waals surface area (Å²) in [5, 5.41) is 10.2. The van der Waals surface area contributed by atoms with Crippen LogP contribution >= 0.6 is 0 Å². The van der Waals surface area contributed by atoms with Gasteiger partial charge in [-0.2, -0.15) is 0 Å². The second kappa shape index (κ2) is 8.37. The fourth-order valence-corrected chi connectivity index (χ4v) is 2.96. The largest absolute Gasteiger partial charge is 0.491 e. The van der Waals surface area contributed by atoms with E-state index in [1.165, 1.54) is 19.3 Å². The van der Waals surface area contributed by atoms with Gasteiger partial charge in [0.05, 0.1) is 0 Å². The first-order valence-electron chi connectivity index (χ1n) is 8.03. The van der Waals surface area contributed by atoms with Gasteiger partial charge in [0, 0.05) is 19.6 Å². The minimum atomic E-state index is -0.442. The Morgan fingerprint density at radius 1 is 1.48 bits per heavy atom. The fraction of sp³-hybridized carbons (Fsp3) is 0.647. The average molecular weight is 292 g/mol. The number of nitrogens with two attached hydrogens (primary N) is 1. The van der Waals surface area contributed by atoms with E-state index in [0.29, 0.717) is 19.7 Å². The summed E-state index contributed by atoms with van der Waals surface area (Å²) >= 11 is 0. The Kier molecular flexibility index (Phi) is 6.49. The molecule has 1 aromatic carbocycles. The molecule has 0 radical (unpaired) electrons. The van der Waals surface area contributed by atoms with Gasteiger partial charge in [-0.3, -0.25) is 0 Å². The summed E-state index contributed by atoms with van der Waals surface area (Å²) in [6, 6.07) is 7.74. The second-order valence-corrected chi connectivity index (χ2v) is 5.99. The molecular formula is C17H28N2O2. The lowest BCUT2D eigenvalue weighted by atomic mass is 9.95. The first kappa shape index (κ1) is 16.3. The molecule has 2 rings (SSSR count). The highest BCUT2D eigenvalue weighted by Crippen LogP contribution is 2.19. The number of benzene rings is 1. The lowest BCUT2D eigenvalue weighted by molar-refractivity contribution is 0.0514. The van der Waals surface area contributed by atoms with Crippen molar-refractivity contribution in [3.05, 3.63) is 29.8 Å². The first-order chi connectivity index (χ1) is 10.2. The predicted octanol–water partition coefficient (Wildman–Crippen LogP) is 2.01. The molecule has 1 aliphatic rings. The predicted molar refractivity (Wildman–Crippen MR) is 85.3 cm³/mol. The number of hydrogen-bond acceptors (Lipinski definition) is 4. The summed E-state index contributed by atoms with van der Waals surface area (Å²) in [5.74, 6) is 1.56.